The zero-order chi connectivity index (χ0) is 15.2. The van der Waals surface area contributed by atoms with Gasteiger partial charge in [-0.05, 0) is 25.0 Å². The number of hydrogen-bond acceptors (Lipinski definition) is 0. The van der Waals surface area contributed by atoms with Gasteiger partial charge in [0.05, 0.1) is 16.1 Å². The molecule has 0 nitrogen and oxygen atoms in total. The molecule has 1 aliphatic carbocycles. The Labute approximate surface area is 122 Å². The van der Waals surface area contributed by atoms with Crippen LogP contribution < -0.4 is 0 Å². The summed E-state index contributed by atoms with van der Waals surface area (Å²) in [7, 11) is -2.57. The second kappa shape index (κ2) is 4.89. The van der Waals surface area contributed by atoms with Crippen molar-refractivity contribution in [1.82, 2.24) is 0 Å². The number of rotatable bonds is 2. The van der Waals surface area contributed by atoms with E-state index in [0.29, 0.717) is 0 Å². The Hall–Kier alpha value is -0.346. The number of hydrogen-bond donors (Lipinski definition) is 0. The molecule has 108 valence electrons. The lowest BCUT2D eigenvalue weighted by atomic mass is 9.93. The maximum atomic E-state index is 2.55. The minimum Gasteiger partial charge on any atom is -0.0756 e. The molecular formula is C17H32Si2. The van der Waals surface area contributed by atoms with Gasteiger partial charge in [-0.1, -0.05) is 75.7 Å². The van der Waals surface area contributed by atoms with Crippen LogP contribution in [0.5, 0.6) is 0 Å². The van der Waals surface area contributed by atoms with Crippen molar-refractivity contribution in [3.05, 3.63) is 33.7 Å². The van der Waals surface area contributed by atoms with Crippen LogP contribution in [0.2, 0.25) is 39.3 Å². The molecule has 0 aliphatic heterocycles. The van der Waals surface area contributed by atoms with Crippen molar-refractivity contribution < 1.29 is 0 Å². The smallest absolute Gasteiger partial charge is 0.0756 e. The molecule has 0 saturated heterocycles. The molecule has 0 aromatic heterocycles. The molecule has 0 saturated carbocycles. The van der Waals surface area contributed by atoms with Gasteiger partial charge in [0.1, 0.15) is 0 Å². The molecule has 0 N–H and O–H groups in total. The van der Waals surface area contributed by atoms with Crippen molar-refractivity contribution in [3.63, 3.8) is 0 Å². The second-order valence-corrected chi connectivity index (χ2v) is 18.8. The van der Waals surface area contributed by atoms with Crippen molar-refractivity contribution in [2.45, 2.75) is 67.0 Å². The molecule has 0 aromatic carbocycles. The van der Waals surface area contributed by atoms with E-state index >= 15 is 0 Å². The highest BCUT2D eigenvalue weighted by molar-refractivity contribution is 6.85. The lowest BCUT2D eigenvalue weighted by molar-refractivity contribution is 0.623. The topological polar surface area (TPSA) is 0 Å². The molecule has 0 radical (unpaired) electrons. The van der Waals surface area contributed by atoms with Crippen LogP contribution in [0.3, 0.4) is 0 Å². The third kappa shape index (κ3) is 3.82. The molecule has 0 fully saturated rings. The van der Waals surface area contributed by atoms with Crippen LogP contribution in [0.4, 0.5) is 0 Å². The van der Waals surface area contributed by atoms with E-state index in [1.807, 2.05) is 0 Å². The Morgan fingerprint density at radius 2 is 0.947 bits per heavy atom. The highest BCUT2D eigenvalue weighted by atomic mass is 28.3. The molecule has 0 aromatic rings. The average Bonchev–Trinajstić information content (AvgIpc) is 2.25. The monoisotopic (exact) mass is 292 g/mol. The van der Waals surface area contributed by atoms with Crippen molar-refractivity contribution in [1.29, 1.82) is 0 Å². The fraction of sp³-hybridized carbons (Fsp3) is 0.647. The fourth-order valence-corrected chi connectivity index (χ4v) is 7.20. The van der Waals surface area contributed by atoms with E-state index in [4.69, 9.17) is 0 Å². The zero-order valence-electron chi connectivity index (χ0n) is 14.7. The summed E-state index contributed by atoms with van der Waals surface area (Å²) in [5, 5.41) is 3.30. The Balaban J connectivity index is 3.57. The van der Waals surface area contributed by atoms with Crippen molar-refractivity contribution in [3.8, 4) is 0 Å². The predicted molar refractivity (Wildman–Crippen MR) is 95.0 cm³/mol. The second-order valence-electron chi connectivity index (χ2n) is 8.69. The van der Waals surface area contributed by atoms with Crippen molar-refractivity contribution in [2.75, 3.05) is 0 Å². The van der Waals surface area contributed by atoms with E-state index in [-0.39, 0.29) is 5.41 Å². The zero-order valence-corrected chi connectivity index (χ0v) is 16.7. The molecule has 1 rings (SSSR count). The van der Waals surface area contributed by atoms with Gasteiger partial charge in [0.2, 0.25) is 0 Å². The van der Waals surface area contributed by atoms with Gasteiger partial charge in [-0.25, -0.2) is 0 Å². The summed E-state index contributed by atoms with van der Waals surface area (Å²) in [4.78, 5) is 0. The molecular weight excluding hydrogens is 260 g/mol. The van der Waals surface area contributed by atoms with E-state index < -0.39 is 16.1 Å². The maximum Gasteiger partial charge on any atom is 0.0775 e. The normalized spacial score (nSPS) is 20.9. The Morgan fingerprint density at radius 3 is 1.16 bits per heavy atom. The van der Waals surface area contributed by atoms with E-state index in [2.05, 4.69) is 79.1 Å². The lowest BCUT2D eigenvalue weighted by Crippen LogP contribution is -2.27. The summed E-state index contributed by atoms with van der Waals surface area (Å²) in [5.74, 6) is 0. The first kappa shape index (κ1) is 16.7. The Kier molecular flexibility index (Phi) is 4.30. The molecule has 19 heavy (non-hydrogen) atoms. The van der Waals surface area contributed by atoms with Crippen LogP contribution in [0, 0.1) is 5.41 Å². The van der Waals surface area contributed by atoms with Gasteiger partial charge in [-0.3, -0.25) is 0 Å². The summed E-state index contributed by atoms with van der Waals surface area (Å²) in [6, 6.07) is 0. The van der Waals surface area contributed by atoms with Gasteiger partial charge >= 0.3 is 0 Å². The van der Waals surface area contributed by atoms with Crippen molar-refractivity contribution in [2.24, 2.45) is 5.41 Å². The standard InChI is InChI=1S/C17H32Si2/c1-13-14(2)16(19(8,9)10)12-17(3,4)11-15(13)18(5,6)7/h11-12H,1-10H3. The Morgan fingerprint density at radius 1 is 0.684 bits per heavy atom. The summed E-state index contributed by atoms with van der Waals surface area (Å²) in [6.45, 7) is 24.2. The largest absolute Gasteiger partial charge is 0.0775 e. The van der Waals surface area contributed by atoms with Crippen LogP contribution in [-0.2, 0) is 0 Å². The van der Waals surface area contributed by atoms with Gasteiger partial charge in [-0.2, -0.15) is 0 Å². The SMILES string of the molecule is CC1=C(C)C([Si](C)(C)C)=CC(C)(C)C=C1[Si](C)(C)C. The average molecular weight is 293 g/mol. The van der Waals surface area contributed by atoms with Crippen LogP contribution in [-0.4, -0.2) is 16.1 Å². The van der Waals surface area contributed by atoms with E-state index in [1.54, 1.807) is 21.5 Å². The highest BCUT2D eigenvalue weighted by Gasteiger charge is 2.32. The molecule has 0 atom stereocenters. The Bertz CT molecular complexity index is 418. The van der Waals surface area contributed by atoms with Gasteiger partial charge in [0, 0.05) is 5.41 Å². The fourth-order valence-electron chi connectivity index (χ4n) is 2.96. The summed E-state index contributed by atoms with van der Waals surface area (Å²) in [6.07, 6.45) is 5.09. The molecule has 0 heterocycles. The van der Waals surface area contributed by atoms with E-state index in [1.165, 1.54) is 0 Å². The summed E-state index contributed by atoms with van der Waals surface area (Å²) in [5.41, 5.74) is 3.29. The molecule has 2 heteroatoms. The van der Waals surface area contributed by atoms with Gasteiger partial charge < -0.3 is 0 Å². The molecule has 0 bridgehead atoms. The predicted octanol–water partition coefficient (Wildman–Crippen LogP) is 5.97. The first-order valence-electron chi connectivity index (χ1n) is 7.40. The lowest BCUT2D eigenvalue weighted by Gasteiger charge is -2.26. The third-order valence-corrected chi connectivity index (χ3v) is 8.29. The minimum atomic E-state index is -1.29. The molecule has 1 aliphatic rings. The van der Waals surface area contributed by atoms with Gasteiger partial charge in [0.25, 0.3) is 0 Å². The quantitative estimate of drug-likeness (QED) is 0.550. The molecule has 0 unspecified atom stereocenters. The minimum absolute atomic E-state index is 0.185. The summed E-state index contributed by atoms with van der Waals surface area (Å²) >= 11 is 0. The van der Waals surface area contributed by atoms with Crippen LogP contribution in [0.15, 0.2) is 33.7 Å². The first-order chi connectivity index (χ1) is 8.26. The van der Waals surface area contributed by atoms with Crippen LogP contribution in [0.25, 0.3) is 0 Å². The number of allylic oxidation sites excluding steroid dienone is 6. The van der Waals surface area contributed by atoms with E-state index in [9.17, 15) is 0 Å². The van der Waals surface area contributed by atoms with Gasteiger partial charge in [-0.15, -0.1) is 0 Å². The maximum absolute atomic E-state index is 2.55. The summed E-state index contributed by atoms with van der Waals surface area (Å²) < 4.78 is 0. The van der Waals surface area contributed by atoms with Crippen molar-refractivity contribution >= 4 is 16.1 Å². The highest BCUT2D eigenvalue weighted by Crippen LogP contribution is 2.39. The molecule has 0 amide bonds. The molecule has 0 spiro atoms. The first-order valence-corrected chi connectivity index (χ1v) is 14.4. The van der Waals surface area contributed by atoms with Crippen LogP contribution in [0.1, 0.15) is 27.7 Å². The van der Waals surface area contributed by atoms with Crippen LogP contribution >= 0.6 is 0 Å². The third-order valence-electron chi connectivity index (χ3n) is 4.02. The van der Waals surface area contributed by atoms with E-state index in [0.717, 1.165) is 0 Å². The van der Waals surface area contributed by atoms with Gasteiger partial charge in [0.15, 0.2) is 0 Å².